The maximum atomic E-state index is 13.4. The number of benzene rings is 2. The van der Waals surface area contributed by atoms with Gasteiger partial charge in [0.15, 0.2) is 17.5 Å². The smallest absolute Gasteiger partial charge is 0.254 e. The molecule has 1 saturated carbocycles. The molecular formula is C28H36N4O5. The van der Waals surface area contributed by atoms with E-state index in [4.69, 9.17) is 9.47 Å². The fraction of sp³-hybridized carbons (Fsp3) is 0.464. The highest BCUT2D eigenvalue weighted by molar-refractivity contribution is 6.10. The number of nitrogens with one attached hydrogen (secondary N) is 2. The van der Waals surface area contributed by atoms with Gasteiger partial charge in [-0.1, -0.05) is 37.5 Å². The summed E-state index contributed by atoms with van der Waals surface area (Å²) in [6.07, 6.45) is 5.23. The lowest BCUT2D eigenvalue weighted by Gasteiger charge is -2.38. The maximum absolute atomic E-state index is 13.4. The maximum Gasteiger partial charge on any atom is 0.254 e. The Hall–Kier alpha value is -3.59. The van der Waals surface area contributed by atoms with Crippen molar-refractivity contribution in [1.82, 2.24) is 15.1 Å². The van der Waals surface area contributed by atoms with E-state index in [-0.39, 0.29) is 23.8 Å². The lowest BCUT2D eigenvalue weighted by Crippen LogP contribution is -2.60. The molecule has 2 N–H and O–H groups in total. The largest absolute Gasteiger partial charge is 0.493 e. The van der Waals surface area contributed by atoms with Crippen molar-refractivity contribution >= 4 is 23.4 Å². The number of anilines is 1. The second-order valence-corrected chi connectivity index (χ2v) is 9.50. The van der Waals surface area contributed by atoms with Crippen LogP contribution in [0.4, 0.5) is 5.69 Å². The molecule has 1 aliphatic heterocycles. The molecule has 4 rings (SSSR count). The van der Waals surface area contributed by atoms with Gasteiger partial charge >= 0.3 is 0 Å². The normalized spacial score (nSPS) is 17.5. The second-order valence-electron chi connectivity index (χ2n) is 9.50. The van der Waals surface area contributed by atoms with E-state index in [0.717, 1.165) is 25.7 Å². The van der Waals surface area contributed by atoms with Gasteiger partial charge < -0.3 is 25.0 Å². The third-order valence-corrected chi connectivity index (χ3v) is 7.09. The predicted molar refractivity (Wildman–Crippen MR) is 141 cm³/mol. The molecule has 1 heterocycles. The van der Waals surface area contributed by atoms with Crippen LogP contribution in [-0.2, 0) is 9.59 Å². The van der Waals surface area contributed by atoms with Gasteiger partial charge in [-0.25, -0.2) is 0 Å². The summed E-state index contributed by atoms with van der Waals surface area (Å²) in [7, 11) is 3.08. The third-order valence-electron chi connectivity index (χ3n) is 7.09. The van der Waals surface area contributed by atoms with Crippen LogP contribution in [0.25, 0.3) is 0 Å². The number of carbonyl (C=O) groups excluding carboxylic acids is 3. The first-order chi connectivity index (χ1) is 18.0. The molecule has 1 unspecified atom stereocenters. The van der Waals surface area contributed by atoms with Gasteiger partial charge in [-0.3, -0.25) is 19.3 Å². The number of hydrogen-bond donors (Lipinski definition) is 2. The van der Waals surface area contributed by atoms with Gasteiger partial charge in [0, 0.05) is 43.5 Å². The van der Waals surface area contributed by atoms with E-state index < -0.39 is 6.04 Å². The number of nitrogens with zero attached hydrogens (tertiary/aromatic N) is 2. The molecule has 198 valence electrons. The monoisotopic (exact) mass is 508 g/mol. The summed E-state index contributed by atoms with van der Waals surface area (Å²) in [5, 5.41) is 6.01. The molecule has 0 aromatic heterocycles. The molecule has 0 radical (unpaired) electrons. The molecule has 0 spiro atoms. The van der Waals surface area contributed by atoms with Gasteiger partial charge in [-0.05, 0) is 43.2 Å². The van der Waals surface area contributed by atoms with Crippen LogP contribution in [0.15, 0.2) is 48.5 Å². The molecule has 9 nitrogen and oxygen atoms in total. The Kier molecular flexibility index (Phi) is 9.00. The Morgan fingerprint density at radius 1 is 0.838 bits per heavy atom. The van der Waals surface area contributed by atoms with Crippen molar-refractivity contribution in [3.8, 4) is 11.5 Å². The molecule has 1 aliphatic carbocycles. The average molecular weight is 509 g/mol. The van der Waals surface area contributed by atoms with Crippen LogP contribution in [0.1, 0.15) is 42.5 Å². The zero-order valence-electron chi connectivity index (χ0n) is 21.6. The number of para-hydroxylation sites is 1. The number of carbonyl (C=O) groups is 3. The minimum atomic E-state index is -0.972. The summed E-state index contributed by atoms with van der Waals surface area (Å²) in [6.45, 7) is 1.62. The Bertz CT molecular complexity index is 1080. The van der Waals surface area contributed by atoms with E-state index in [2.05, 4.69) is 10.6 Å². The van der Waals surface area contributed by atoms with E-state index >= 15 is 0 Å². The first kappa shape index (κ1) is 26.5. The van der Waals surface area contributed by atoms with Gasteiger partial charge in [0.1, 0.15) is 0 Å². The molecule has 3 amide bonds. The molecule has 1 atom stereocenters. The Morgan fingerprint density at radius 2 is 1.51 bits per heavy atom. The number of methoxy groups -OCH3 is 2. The van der Waals surface area contributed by atoms with Crippen molar-refractivity contribution in [2.75, 3.05) is 45.7 Å². The average Bonchev–Trinajstić information content (AvgIpc) is 2.94. The lowest BCUT2D eigenvalue weighted by atomic mass is 9.95. The van der Waals surface area contributed by atoms with Crippen molar-refractivity contribution < 1.29 is 23.9 Å². The Morgan fingerprint density at radius 3 is 2.16 bits per heavy atom. The van der Waals surface area contributed by atoms with Gasteiger partial charge in [0.05, 0.1) is 14.2 Å². The van der Waals surface area contributed by atoms with Crippen LogP contribution in [0.2, 0.25) is 0 Å². The summed E-state index contributed by atoms with van der Waals surface area (Å²) in [4.78, 5) is 43.5. The van der Waals surface area contributed by atoms with Gasteiger partial charge in [0.25, 0.3) is 11.8 Å². The minimum Gasteiger partial charge on any atom is -0.493 e. The summed E-state index contributed by atoms with van der Waals surface area (Å²) >= 11 is 0. The highest BCUT2D eigenvalue weighted by atomic mass is 16.5. The summed E-state index contributed by atoms with van der Waals surface area (Å²) < 4.78 is 10.6. The van der Waals surface area contributed by atoms with E-state index in [0.29, 0.717) is 48.9 Å². The topological polar surface area (TPSA) is 100 Å². The zero-order valence-corrected chi connectivity index (χ0v) is 21.6. The van der Waals surface area contributed by atoms with Crippen molar-refractivity contribution in [3.05, 3.63) is 54.1 Å². The standard InChI is InChI=1S/C28H36N4O5/c1-36-23-14-13-20(19-24(23)37-2)28(35)32-17-15-31(16-18-32)25(26(33)29-21-9-5-3-6-10-21)27(34)30-22-11-7-4-8-12-22/h3,5-6,9-10,13-14,19,22,25H,4,7-8,11-12,15-18H2,1-2H3,(H,29,33)(H,30,34). The molecule has 2 aromatic carbocycles. The van der Waals surface area contributed by atoms with E-state index in [1.807, 2.05) is 23.1 Å². The molecule has 37 heavy (non-hydrogen) atoms. The van der Waals surface area contributed by atoms with Crippen molar-refractivity contribution in [2.45, 2.75) is 44.2 Å². The highest BCUT2D eigenvalue weighted by Crippen LogP contribution is 2.28. The quantitative estimate of drug-likeness (QED) is 0.532. The van der Waals surface area contributed by atoms with E-state index in [9.17, 15) is 14.4 Å². The van der Waals surface area contributed by atoms with Crippen LogP contribution >= 0.6 is 0 Å². The van der Waals surface area contributed by atoms with Gasteiger partial charge in [-0.15, -0.1) is 0 Å². The van der Waals surface area contributed by atoms with E-state index in [1.165, 1.54) is 13.5 Å². The number of hydrogen-bond acceptors (Lipinski definition) is 6. The molecule has 2 fully saturated rings. The minimum absolute atomic E-state index is 0.0983. The second kappa shape index (κ2) is 12.6. The lowest BCUT2D eigenvalue weighted by molar-refractivity contribution is -0.135. The number of piperazine rings is 1. The Labute approximate surface area is 218 Å². The van der Waals surface area contributed by atoms with Crippen LogP contribution in [0.5, 0.6) is 11.5 Å². The Balaban J connectivity index is 1.44. The molecule has 1 saturated heterocycles. The van der Waals surface area contributed by atoms with Gasteiger partial charge in [0.2, 0.25) is 5.91 Å². The summed E-state index contributed by atoms with van der Waals surface area (Å²) in [6, 6.07) is 13.4. The van der Waals surface area contributed by atoms with E-state index in [1.54, 1.807) is 42.3 Å². The first-order valence-corrected chi connectivity index (χ1v) is 12.9. The number of ether oxygens (including phenoxy) is 2. The first-order valence-electron chi connectivity index (χ1n) is 12.9. The van der Waals surface area contributed by atoms with Gasteiger partial charge in [-0.2, -0.15) is 0 Å². The number of amides is 3. The highest BCUT2D eigenvalue weighted by Gasteiger charge is 2.37. The fourth-order valence-electron chi connectivity index (χ4n) is 5.04. The SMILES string of the molecule is COc1ccc(C(=O)N2CCN(C(C(=O)Nc3ccccc3)C(=O)NC3CCCCC3)CC2)cc1OC. The van der Waals surface area contributed by atoms with Crippen LogP contribution < -0.4 is 20.1 Å². The summed E-state index contributed by atoms with van der Waals surface area (Å²) in [5.74, 6) is 0.279. The van der Waals surface area contributed by atoms with Crippen molar-refractivity contribution in [2.24, 2.45) is 0 Å². The molecule has 9 heteroatoms. The van der Waals surface area contributed by atoms with Crippen LogP contribution in [-0.4, -0.2) is 80.0 Å². The van der Waals surface area contributed by atoms with Crippen LogP contribution in [0.3, 0.4) is 0 Å². The fourth-order valence-corrected chi connectivity index (χ4v) is 5.04. The van der Waals surface area contributed by atoms with Crippen molar-refractivity contribution in [3.63, 3.8) is 0 Å². The predicted octanol–water partition coefficient (Wildman–Crippen LogP) is 2.92. The molecule has 2 aromatic rings. The molecule has 2 aliphatic rings. The van der Waals surface area contributed by atoms with Crippen LogP contribution in [0, 0.1) is 0 Å². The third kappa shape index (κ3) is 6.60. The molecule has 0 bridgehead atoms. The number of rotatable bonds is 8. The zero-order chi connectivity index (χ0) is 26.2. The van der Waals surface area contributed by atoms with Crippen molar-refractivity contribution in [1.29, 1.82) is 0 Å². The molecular weight excluding hydrogens is 472 g/mol. The summed E-state index contributed by atoms with van der Waals surface area (Å²) in [5.41, 5.74) is 1.14.